The van der Waals surface area contributed by atoms with Crippen LogP contribution < -0.4 is 16.2 Å². The average Bonchev–Trinajstić information content (AvgIpc) is 2.32. The molecule has 0 amide bonds. The van der Waals surface area contributed by atoms with Gasteiger partial charge in [-0.2, -0.15) is 11.8 Å². The highest BCUT2D eigenvalue weighted by atomic mass is 32.2. The number of hydrogen-bond acceptors (Lipinski definition) is 5. The minimum absolute atomic E-state index is 0.0874. The number of sulfonamides is 1. The maximum absolute atomic E-state index is 11.3. The molecule has 18 heavy (non-hydrogen) atoms. The standard InChI is InChI=1S/C11H17N3O2S2/c12-10-2-1-9(18(13,15)16)7-11(10)14-8-3-5-17-6-4-8/h1-2,7-8,14H,3-6,12H2,(H2,13,15,16). The van der Waals surface area contributed by atoms with Crippen LogP contribution in [0.2, 0.25) is 0 Å². The third kappa shape index (κ3) is 3.30. The van der Waals surface area contributed by atoms with E-state index in [4.69, 9.17) is 10.9 Å². The monoisotopic (exact) mass is 287 g/mol. The molecule has 0 spiro atoms. The molecule has 1 aliphatic heterocycles. The van der Waals surface area contributed by atoms with Crippen molar-refractivity contribution < 1.29 is 8.42 Å². The molecule has 0 saturated carbocycles. The maximum atomic E-state index is 11.3. The fraction of sp³-hybridized carbons (Fsp3) is 0.455. The average molecular weight is 287 g/mol. The molecule has 0 aliphatic carbocycles. The molecular formula is C11H17N3O2S2. The highest BCUT2D eigenvalue weighted by Gasteiger charge is 2.16. The lowest BCUT2D eigenvalue weighted by Crippen LogP contribution is -2.25. The van der Waals surface area contributed by atoms with Gasteiger partial charge in [-0.1, -0.05) is 0 Å². The summed E-state index contributed by atoms with van der Waals surface area (Å²) in [4.78, 5) is 0.0874. The third-order valence-corrected chi connectivity index (χ3v) is 4.89. The van der Waals surface area contributed by atoms with E-state index in [0.717, 1.165) is 24.3 Å². The summed E-state index contributed by atoms with van der Waals surface area (Å²) in [5, 5.41) is 8.41. The van der Waals surface area contributed by atoms with Gasteiger partial charge in [-0.15, -0.1) is 0 Å². The van der Waals surface area contributed by atoms with Gasteiger partial charge in [0.25, 0.3) is 0 Å². The Morgan fingerprint density at radius 2 is 1.94 bits per heavy atom. The topological polar surface area (TPSA) is 98.2 Å². The molecule has 1 aromatic rings. The largest absolute Gasteiger partial charge is 0.397 e. The van der Waals surface area contributed by atoms with Crippen molar-refractivity contribution in [2.45, 2.75) is 23.8 Å². The van der Waals surface area contributed by atoms with E-state index >= 15 is 0 Å². The van der Waals surface area contributed by atoms with Crippen LogP contribution in [-0.2, 0) is 10.0 Å². The SMILES string of the molecule is Nc1ccc(S(N)(=O)=O)cc1NC1CCSCC1. The van der Waals surface area contributed by atoms with Gasteiger partial charge in [0.2, 0.25) is 10.0 Å². The Morgan fingerprint density at radius 1 is 1.28 bits per heavy atom. The molecule has 0 bridgehead atoms. The number of thioether (sulfide) groups is 1. The van der Waals surface area contributed by atoms with E-state index in [0.29, 0.717) is 17.4 Å². The van der Waals surface area contributed by atoms with Crippen molar-refractivity contribution in [1.82, 2.24) is 0 Å². The summed E-state index contributed by atoms with van der Waals surface area (Å²) >= 11 is 1.93. The second-order valence-electron chi connectivity index (χ2n) is 4.33. The molecule has 1 heterocycles. The summed E-state index contributed by atoms with van der Waals surface area (Å²) in [6, 6.07) is 4.85. The Balaban J connectivity index is 2.21. The van der Waals surface area contributed by atoms with Gasteiger partial charge in [0.05, 0.1) is 16.3 Å². The first-order valence-electron chi connectivity index (χ1n) is 5.73. The van der Waals surface area contributed by atoms with Crippen molar-refractivity contribution >= 4 is 33.2 Å². The molecule has 100 valence electrons. The highest BCUT2D eigenvalue weighted by molar-refractivity contribution is 7.99. The zero-order valence-corrected chi connectivity index (χ0v) is 11.6. The molecule has 0 radical (unpaired) electrons. The summed E-state index contributed by atoms with van der Waals surface area (Å²) in [7, 11) is -3.68. The Hall–Kier alpha value is -0.920. The van der Waals surface area contributed by atoms with Crippen molar-refractivity contribution in [2.75, 3.05) is 22.6 Å². The number of nitrogens with one attached hydrogen (secondary N) is 1. The Morgan fingerprint density at radius 3 is 2.56 bits per heavy atom. The number of nitrogen functional groups attached to an aromatic ring is 1. The van der Waals surface area contributed by atoms with E-state index < -0.39 is 10.0 Å². The lowest BCUT2D eigenvalue weighted by atomic mass is 10.1. The van der Waals surface area contributed by atoms with Crippen LogP contribution in [-0.4, -0.2) is 26.0 Å². The molecule has 1 fully saturated rings. The van der Waals surface area contributed by atoms with Crippen LogP contribution in [0.15, 0.2) is 23.1 Å². The first-order chi connectivity index (χ1) is 8.47. The lowest BCUT2D eigenvalue weighted by Gasteiger charge is -2.24. The Kier molecular flexibility index (Phi) is 4.04. The molecule has 7 heteroatoms. The van der Waals surface area contributed by atoms with Crippen LogP contribution in [0.4, 0.5) is 11.4 Å². The van der Waals surface area contributed by atoms with Gasteiger partial charge in [-0.25, -0.2) is 13.6 Å². The van der Waals surface area contributed by atoms with Crippen molar-refractivity contribution in [3.8, 4) is 0 Å². The van der Waals surface area contributed by atoms with Crippen molar-refractivity contribution in [3.63, 3.8) is 0 Å². The second-order valence-corrected chi connectivity index (χ2v) is 7.11. The maximum Gasteiger partial charge on any atom is 0.238 e. The van der Waals surface area contributed by atoms with E-state index in [1.165, 1.54) is 12.1 Å². The number of benzene rings is 1. The smallest absolute Gasteiger partial charge is 0.238 e. The second kappa shape index (κ2) is 5.38. The lowest BCUT2D eigenvalue weighted by molar-refractivity contribution is 0.597. The number of hydrogen-bond donors (Lipinski definition) is 3. The van der Waals surface area contributed by atoms with Crippen molar-refractivity contribution in [3.05, 3.63) is 18.2 Å². The molecular weight excluding hydrogens is 270 g/mol. The summed E-state index contributed by atoms with van der Waals surface area (Å²) in [5.41, 5.74) is 7.04. The molecule has 1 saturated heterocycles. The fourth-order valence-electron chi connectivity index (χ4n) is 1.90. The van der Waals surface area contributed by atoms with Gasteiger partial charge >= 0.3 is 0 Å². The first kappa shape index (κ1) is 13.5. The van der Waals surface area contributed by atoms with Crippen molar-refractivity contribution in [1.29, 1.82) is 0 Å². The minimum atomic E-state index is -3.68. The van der Waals surface area contributed by atoms with Crippen LogP contribution in [0.25, 0.3) is 0 Å². The van der Waals surface area contributed by atoms with Crippen LogP contribution in [0.1, 0.15) is 12.8 Å². The van der Waals surface area contributed by atoms with Gasteiger partial charge in [0.1, 0.15) is 0 Å². The predicted molar refractivity (Wildman–Crippen MR) is 76.2 cm³/mol. The molecule has 0 unspecified atom stereocenters. The zero-order valence-electron chi connectivity index (χ0n) is 9.93. The molecule has 5 nitrogen and oxygen atoms in total. The van der Waals surface area contributed by atoms with Crippen LogP contribution in [0.5, 0.6) is 0 Å². The van der Waals surface area contributed by atoms with E-state index in [1.54, 1.807) is 6.07 Å². The number of anilines is 2. The van der Waals surface area contributed by atoms with Gasteiger partial charge in [0, 0.05) is 6.04 Å². The van der Waals surface area contributed by atoms with E-state index in [9.17, 15) is 8.42 Å². The number of rotatable bonds is 3. The molecule has 2 rings (SSSR count). The van der Waals surface area contributed by atoms with Gasteiger partial charge in [-0.05, 0) is 42.5 Å². The van der Waals surface area contributed by atoms with E-state index in [-0.39, 0.29) is 4.90 Å². The molecule has 0 aromatic heterocycles. The molecule has 1 aromatic carbocycles. The quantitative estimate of drug-likeness (QED) is 0.726. The zero-order chi connectivity index (χ0) is 13.2. The Bertz CT molecular complexity index is 525. The van der Waals surface area contributed by atoms with E-state index in [1.807, 2.05) is 11.8 Å². The van der Waals surface area contributed by atoms with Gasteiger partial charge < -0.3 is 11.1 Å². The summed E-state index contributed by atoms with van der Waals surface area (Å²) < 4.78 is 22.6. The first-order valence-corrected chi connectivity index (χ1v) is 8.43. The van der Waals surface area contributed by atoms with Gasteiger partial charge in [0.15, 0.2) is 0 Å². The van der Waals surface area contributed by atoms with E-state index in [2.05, 4.69) is 5.32 Å². The minimum Gasteiger partial charge on any atom is -0.397 e. The molecule has 1 aliphatic rings. The highest BCUT2D eigenvalue weighted by Crippen LogP contribution is 2.26. The van der Waals surface area contributed by atoms with Crippen LogP contribution in [0, 0.1) is 0 Å². The number of primary sulfonamides is 1. The molecule has 5 N–H and O–H groups in total. The molecule has 0 atom stereocenters. The van der Waals surface area contributed by atoms with Crippen LogP contribution >= 0.6 is 11.8 Å². The van der Waals surface area contributed by atoms with Gasteiger partial charge in [-0.3, -0.25) is 0 Å². The van der Waals surface area contributed by atoms with Crippen LogP contribution in [0.3, 0.4) is 0 Å². The summed E-state index contributed by atoms with van der Waals surface area (Å²) in [6.07, 6.45) is 2.12. The normalized spacial score (nSPS) is 17.6. The van der Waals surface area contributed by atoms with Crippen molar-refractivity contribution in [2.24, 2.45) is 5.14 Å². The predicted octanol–water partition coefficient (Wildman–Crippen LogP) is 1.22. The summed E-state index contributed by atoms with van der Waals surface area (Å²) in [5.74, 6) is 2.24. The third-order valence-electron chi connectivity index (χ3n) is 2.93. The summed E-state index contributed by atoms with van der Waals surface area (Å²) in [6.45, 7) is 0. The fourth-order valence-corrected chi connectivity index (χ4v) is 3.55. The Labute approximate surface area is 111 Å². The number of nitrogens with two attached hydrogens (primary N) is 2.